The zero-order chi connectivity index (χ0) is 51.6. The van der Waals surface area contributed by atoms with Crippen molar-refractivity contribution in [2.45, 2.75) is 158 Å². The fourth-order valence-corrected chi connectivity index (χ4v) is 16.9. The Kier molecular flexibility index (Phi) is 21.2. The van der Waals surface area contributed by atoms with Gasteiger partial charge in [-0.25, -0.2) is 0 Å². The summed E-state index contributed by atoms with van der Waals surface area (Å²) >= 11 is 1.96. The van der Waals surface area contributed by atoms with Crippen molar-refractivity contribution < 1.29 is 81.3 Å². The van der Waals surface area contributed by atoms with Crippen LogP contribution in [0.3, 0.4) is 0 Å². The van der Waals surface area contributed by atoms with Gasteiger partial charge in [0.05, 0.1) is 0 Å². The van der Waals surface area contributed by atoms with Crippen molar-refractivity contribution in [1.29, 1.82) is 0 Å². The number of ketones is 2. The lowest BCUT2D eigenvalue weighted by molar-refractivity contribution is -0.777. The van der Waals surface area contributed by atoms with Gasteiger partial charge in [0, 0.05) is 61.3 Å². The van der Waals surface area contributed by atoms with E-state index in [0.29, 0.717) is 47.7 Å². The fourth-order valence-electron chi connectivity index (χ4n) is 10.6. The molecule has 4 unspecified atom stereocenters. The van der Waals surface area contributed by atoms with Gasteiger partial charge in [0.15, 0.2) is 14.3 Å². The quantitative estimate of drug-likeness (QED) is 0.0493. The molecular formula is C58H78I2O8S2. The van der Waals surface area contributed by atoms with E-state index in [0.717, 1.165) is 62.6 Å². The van der Waals surface area contributed by atoms with Crippen LogP contribution in [0.15, 0.2) is 103 Å². The highest BCUT2D eigenvalue weighted by molar-refractivity contribution is 7.94. The van der Waals surface area contributed by atoms with Crippen LogP contribution in [0.5, 0.6) is 0 Å². The first-order valence-corrected chi connectivity index (χ1v) is 30.7. The zero-order valence-corrected chi connectivity index (χ0v) is 49.8. The molecule has 4 aromatic carbocycles. The maximum absolute atomic E-state index is 11.7. The maximum Gasteiger partial charge on any atom is 0.357 e. The molecule has 384 valence electrons. The molecule has 0 amide bonds. The van der Waals surface area contributed by atoms with Crippen molar-refractivity contribution >= 4 is 35.7 Å². The molecular weight excluding hydrogens is 1140 g/mol. The van der Waals surface area contributed by atoms with Gasteiger partial charge in [0.2, 0.25) is 0 Å². The molecule has 8 rings (SSSR count). The number of hydrogen-bond donors (Lipinski definition) is 0. The lowest BCUT2D eigenvalue weighted by Crippen LogP contribution is -3.61. The van der Waals surface area contributed by atoms with Crippen molar-refractivity contribution in [1.82, 2.24) is 0 Å². The normalized spacial score (nSPS) is 23.3. The van der Waals surface area contributed by atoms with E-state index in [2.05, 4.69) is 212 Å². The van der Waals surface area contributed by atoms with Gasteiger partial charge < -0.3 is 10.5 Å². The molecule has 70 heavy (non-hydrogen) atoms. The van der Waals surface area contributed by atoms with Crippen LogP contribution in [0.1, 0.15) is 158 Å². The number of carbonyl (C=O) groups excluding carboxylic acids is 2. The molecule has 4 aliphatic rings. The molecule has 12 heteroatoms. The van der Waals surface area contributed by atoms with Gasteiger partial charge in [-0.1, -0.05) is 145 Å². The van der Waals surface area contributed by atoms with Crippen LogP contribution in [0.4, 0.5) is 0 Å². The summed E-state index contributed by atoms with van der Waals surface area (Å²) in [7, 11) is 0. The molecule has 0 aromatic heterocycles. The van der Waals surface area contributed by atoms with Gasteiger partial charge in [-0.15, -0.1) is 0 Å². The molecule has 0 heterocycles. The predicted octanol–water partition coefficient (Wildman–Crippen LogP) is 6.81. The van der Waals surface area contributed by atoms with E-state index in [1.165, 1.54) is 31.0 Å². The number of halogens is 2. The minimum absolute atomic E-state index is 0.0177. The Balaban J connectivity index is 0.000000175. The third-order valence-corrected chi connectivity index (χ3v) is 22.9. The van der Waals surface area contributed by atoms with Gasteiger partial charge >= 0.3 is 42.4 Å². The molecule has 0 aliphatic heterocycles. The second-order valence-corrected chi connectivity index (χ2v) is 31.2. The standard InChI is InChI=1S/C20H26I.C16H18I.2C11H18O4S/c1-19(2,3)15-7-11-17(12-8-15)21-18-13-9-16(10-14-18)20(4,5)6;1-16(2,3)13-9-11-15(12-10-13)17-14-7-5-4-6-8-14;2*1-10(2)8-3-4-11(10,6-9(12)5-8)7-16-15-14-13/h7-14H,1-6H3;4-12H,1-3H3;2*8,13H,3-7H2,1-2H3/q2*+1;;/p-2. The van der Waals surface area contributed by atoms with E-state index < -0.39 is 0 Å². The van der Waals surface area contributed by atoms with Crippen LogP contribution in [0.2, 0.25) is 0 Å². The van der Waals surface area contributed by atoms with Crippen LogP contribution < -0.4 is 52.9 Å². The Bertz CT molecular complexity index is 2150. The topological polar surface area (TPSA) is 117 Å². The minimum atomic E-state index is -0.0703. The van der Waals surface area contributed by atoms with Gasteiger partial charge in [-0.3, -0.25) is 19.7 Å². The number of benzene rings is 4. The van der Waals surface area contributed by atoms with Gasteiger partial charge in [-0.2, -0.15) is 8.67 Å². The molecule has 0 radical (unpaired) electrons. The third-order valence-electron chi connectivity index (χ3n) is 15.9. The first kappa shape index (κ1) is 59.0. The Labute approximate surface area is 450 Å². The summed E-state index contributed by atoms with van der Waals surface area (Å²) in [6.07, 6.45) is 6.99. The van der Waals surface area contributed by atoms with E-state index in [4.69, 9.17) is 0 Å². The fraction of sp³-hybridized carbons (Fsp3) is 0.552. The lowest BCUT2D eigenvalue weighted by atomic mass is 9.59. The first-order valence-electron chi connectivity index (χ1n) is 24.6. The molecule has 4 bridgehead atoms. The molecule has 0 saturated heterocycles. The molecule has 4 atom stereocenters. The monoisotopic (exact) mass is 1220 g/mol. The average Bonchev–Trinajstić information content (AvgIpc) is 3.46. The van der Waals surface area contributed by atoms with Crippen LogP contribution >= 0.6 is 24.1 Å². The highest BCUT2D eigenvalue weighted by Crippen LogP contribution is 2.64. The highest BCUT2D eigenvalue weighted by atomic mass is 127. The summed E-state index contributed by atoms with van der Waals surface area (Å²) in [4.78, 5) is 23.4. The number of fused-ring (bicyclic) bond motifs is 4. The van der Waals surface area contributed by atoms with Gasteiger partial charge in [0.1, 0.15) is 11.6 Å². The number of hydrogen-bond acceptors (Lipinski definition) is 10. The number of rotatable bonds is 12. The Morgan fingerprint density at radius 3 is 1.09 bits per heavy atom. The van der Waals surface area contributed by atoms with Crippen molar-refractivity contribution in [2.75, 3.05) is 11.5 Å². The van der Waals surface area contributed by atoms with E-state index in [9.17, 15) is 20.1 Å². The summed E-state index contributed by atoms with van der Waals surface area (Å²) in [6.45, 7) is 29.3. The summed E-state index contributed by atoms with van der Waals surface area (Å²) < 4.78 is 14.7. The van der Waals surface area contributed by atoms with Gasteiger partial charge in [-0.05, 0) is 141 Å². The first-order chi connectivity index (χ1) is 32.7. The molecule has 4 fully saturated rings. The number of carbonyl (C=O) groups is 2. The molecule has 0 N–H and O–H groups in total. The maximum atomic E-state index is 11.7. The number of Topliss-reactive ketones (excluding diaryl/α,β-unsaturated/α-hetero) is 2. The van der Waals surface area contributed by atoms with Crippen LogP contribution in [-0.4, -0.2) is 23.1 Å². The third kappa shape index (κ3) is 15.6. The molecule has 4 aromatic rings. The zero-order valence-electron chi connectivity index (χ0n) is 43.9. The van der Waals surface area contributed by atoms with Crippen LogP contribution in [0.25, 0.3) is 0 Å². The second-order valence-electron chi connectivity index (χ2n) is 23.9. The van der Waals surface area contributed by atoms with E-state index in [1.807, 2.05) is 0 Å². The van der Waals surface area contributed by atoms with E-state index in [-0.39, 0.29) is 80.3 Å². The smallest absolute Gasteiger partial charge is 0.357 e. The summed E-state index contributed by atoms with van der Waals surface area (Å²) in [6, 6.07) is 38.3. The van der Waals surface area contributed by atoms with Gasteiger partial charge in [0.25, 0.3) is 0 Å². The largest absolute Gasteiger partial charge is 0.691 e. The van der Waals surface area contributed by atoms with Crippen molar-refractivity contribution in [2.24, 2.45) is 33.5 Å². The van der Waals surface area contributed by atoms with Crippen LogP contribution in [-0.2, 0) is 44.6 Å². The average molecular weight is 1220 g/mol. The highest BCUT2D eigenvalue weighted by Gasteiger charge is 2.59. The Morgan fingerprint density at radius 2 is 0.800 bits per heavy atom. The molecule has 4 saturated carbocycles. The summed E-state index contributed by atoms with van der Waals surface area (Å²) in [5.41, 5.74) is 5.25. The summed E-state index contributed by atoms with van der Waals surface area (Å²) in [5.74, 6) is 3.00. The van der Waals surface area contributed by atoms with Crippen molar-refractivity contribution in [3.8, 4) is 0 Å². The van der Waals surface area contributed by atoms with E-state index in [1.54, 1.807) is 0 Å². The van der Waals surface area contributed by atoms with Crippen LogP contribution in [0, 0.1) is 47.8 Å². The minimum Gasteiger partial charge on any atom is -0.691 e. The van der Waals surface area contributed by atoms with E-state index >= 15 is 0 Å². The second kappa shape index (κ2) is 25.1. The SMILES string of the molecule is CC(C)(C)c1ccc([I+]c2ccc(C(C)(C)C)cc2)cc1.CC(C)(C)c1ccc([I+]c2ccccc2)cc1.CC1(C)C2CCC1(CSOO[O-])CC(=O)C2.CC1(C)C2CCC1(CSOO[O-])CC(=O)C2. The Hall–Kier alpha value is -1.86. The van der Waals surface area contributed by atoms with Crippen molar-refractivity contribution in [3.05, 3.63) is 134 Å². The molecule has 4 aliphatic carbocycles. The van der Waals surface area contributed by atoms with Crippen molar-refractivity contribution in [3.63, 3.8) is 0 Å². The summed E-state index contributed by atoms with van der Waals surface area (Å²) in [5, 5.41) is 26.3. The Morgan fingerprint density at radius 1 is 0.500 bits per heavy atom. The predicted molar refractivity (Wildman–Crippen MR) is 272 cm³/mol. The molecule has 8 nitrogen and oxygen atoms in total. The molecule has 0 spiro atoms. The lowest BCUT2D eigenvalue weighted by Gasteiger charge is -2.47.